The summed E-state index contributed by atoms with van der Waals surface area (Å²) >= 11 is 0. The van der Waals surface area contributed by atoms with E-state index in [-0.39, 0.29) is 19.5 Å². The van der Waals surface area contributed by atoms with E-state index in [0.29, 0.717) is 17.5 Å². The van der Waals surface area contributed by atoms with Crippen LogP contribution in [0.3, 0.4) is 0 Å². The zero-order valence-electron chi connectivity index (χ0n) is 26.0. The SMILES string of the molecule is C#Cc1ccccc1C(C(=O)NCC(=O)OC)N(CCCCCCC)C(=O)C(Cc1ccccc1)NC(=O)OC(C)(C)C. The van der Waals surface area contributed by atoms with Crippen molar-refractivity contribution >= 4 is 23.9 Å². The Hall–Kier alpha value is -4.32. The number of hydrogen-bond donors (Lipinski definition) is 2. The minimum absolute atomic E-state index is 0.165. The second-order valence-electron chi connectivity index (χ2n) is 11.3. The Bertz CT molecular complexity index is 1250. The van der Waals surface area contributed by atoms with Crippen LogP contribution in [0.15, 0.2) is 54.6 Å². The predicted molar refractivity (Wildman–Crippen MR) is 166 cm³/mol. The molecule has 0 aliphatic heterocycles. The standard InChI is InChI=1S/C34H45N3O6/c1-7-9-10-11-17-22-37(30(31(39)35-24-29(38)42-6)27-21-16-15-20-26(27)8-2)32(40)28(23-25-18-13-12-14-19-25)36-33(41)43-34(3,4)5/h2,12-16,18-21,28,30H,7,9-11,17,22-24H2,1,3-6H3,(H,35,39)(H,36,41). The molecule has 0 saturated heterocycles. The second-order valence-corrected chi connectivity index (χ2v) is 11.3. The van der Waals surface area contributed by atoms with Crippen LogP contribution < -0.4 is 10.6 Å². The number of nitrogens with one attached hydrogen (secondary N) is 2. The number of terminal acetylenes is 1. The van der Waals surface area contributed by atoms with Crippen molar-refractivity contribution in [3.05, 3.63) is 71.3 Å². The van der Waals surface area contributed by atoms with Crippen LogP contribution in [0, 0.1) is 12.3 Å². The molecule has 0 fully saturated rings. The van der Waals surface area contributed by atoms with Gasteiger partial charge in [-0.2, -0.15) is 0 Å². The Labute approximate surface area is 255 Å². The minimum Gasteiger partial charge on any atom is -0.468 e. The number of amides is 3. The summed E-state index contributed by atoms with van der Waals surface area (Å²) in [6.07, 6.45) is 9.77. The summed E-state index contributed by atoms with van der Waals surface area (Å²) in [7, 11) is 1.22. The molecule has 0 aromatic heterocycles. The third-order valence-electron chi connectivity index (χ3n) is 6.66. The van der Waals surface area contributed by atoms with E-state index in [4.69, 9.17) is 15.9 Å². The highest BCUT2D eigenvalue weighted by atomic mass is 16.6. The number of carbonyl (C=O) groups excluding carboxylic acids is 4. The van der Waals surface area contributed by atoms with Crippen molar-refractivity contribution in [1.82, 2.24) is 15.5 Å². The van der Waals surface area contributed by atoms with Gasteiger partial charge in [0.15, 0.2) is 0 Å². The Morgan fingerprint density at radius 3 is 2.23 bits per heavy atom. The van der Waals surface area contributed by atoms with E-state index in [1.807, 2.05) is 30.3 Å². The first-order valence-corrected chi connectivity index (χ1v) is 14.7. The number of nitrogens with zero attached hydrogens (tertiary/aromatic N) is 1. The summed E-state index contributed by atoms with van der Waals surface area (Å²) in [6, 6.07) is 13.9. The van der Waals surface area contributed by atoms with E-state index in [9.17, 15) is 19.2 Å². The van der Waals surface area contributed by atoms with Gasteiger partial charge in [0.1, 0.15) is 24.2 Å². The van der Waals surface area contributed by atoms with E-state index < -0.39 is 41.6 Å². The zero-order chi connectivity index (χ0) is 31.8. The van der Waals surface area contributed by atoms with Gasteiger partial charge >= 0.3 is 12.1 Å². The monoisotopic (exact) mass is 591 g/mol. The number of ether oxygens (including phenoxy) is 2. The quantitative estimate of drug-likeness (QED) is 0.172. The lowest BCUT2D eigenvalue weighted by Crippen LogP contribution is -2.54. The first-order chi connectivity index (χ1) is 20.5. The molecular weight excluding hydrogens is 546 g/mol. The fourth-order valence-electron chi connectivity index (χ4n) is 4.60. The molecule has 3 amide bonds. The number of carbonyl (C=O) groups is 4. The van der Waals surface area contributed by atoms with Gasteiger partial charge in [-0.05, 0) is 44.4 Å². The number of esters is 1. The molecule has 2 aromatic carbocycles. The molecule has 0 heterocycles. The Kier molecular flexibility index (Phi) is 14.3. The average molecular weight is 592 g/mol. The number of alkyl carbamates (subject to hydrolysis) is 1. The highest BCUT2D eigenvalue weighted by Crippen LogP contribution is 2.27. The van der Waals surface area contributed by atoms with Crippen LogP contribution in [0.25, 0.3) is 0 Å². The maximum Gasteiger partial charge on any atom is 0.408 e. The maximum absolute atomic E-state index is 14.5. The molecule has 0 aliphatic carbocycles. The molecule has 2 N–H and O–H groups in total. The predicted octanol–water partition coefficient (Wildman–Crippen LogP) is 4.93. The molecule has 0 bridgehead atoms. The molecule has 0 saturated carbocycles. The summed E-state index contributed by atoms with van der Waals surface area (Å²) in [4.78, 5) is 54.6. The zero-order valence-corrected chi connectivity index (χ0v) is 26.0. The first-order valence-electron chi connectivity index (χ1n) is 14.7. The van der Waals surface area contributed by atoms with E-state index in [0.717, 1.165) is 31.2 Å². The number of unbranched alkanes of at least 4 members (excludes halogenated alkanes) is 4. The fourth-order valence-corrected chi connectivity index (χ4v) is 4.60. The van der Waals surface area contributed by atoms with Gasteiger partial charge < -0.3 is 25.0 Å². The van der Waals surface area contributed by atoms with Gasteiger partial charge in [-0.25, -0.2) is 4.79 Å². The molecule has 43 heavy (non-hydrogen) atoms. The normalized spacial score (nSPS) is 12.3. The summed E-state index contributed by atoms with van der Waals surface area (Å²) in [5, 5.41) is 5.35. The Morgan fingerprint density at radius 1 is 0.953 bits per heavy atom. The third kappa shape index (κ3) is 11.8. The van der Waals surface area contributed by atoms with Crippen molar-refractivity contribution in [1.29, 1.82) is 0 Å². The molecule has 2 unspecified atom stereocenters. The van der Waals surface area contributed by atoms with Gasteiger partial charge in [0.05, 0.1) is 7.11 Å². The fraction of sp³-hybridized carbons (Fsp3) is 0.471. The van der Waals surface area contributed by atoms with Gasteiger partial charge in [-0.1, -0.05) is 87.1 Å². The molecule has 9 heteroatoms. The molecule has 9 nitrogen and oxygen atoms in total. The number of rotatable bonds is 15. The number of hydrogen-bond acceptors (Lipinski definition) is 6. The summed E-state index contributed by atoms with van der Waals surface area (Å²) < 4.78 is 10.2. The minimum atomic E-state index is -1.17. The molecule has 0 radical (unpaired) electrons. The lowest BCUT2D eigenvalue weighted by atomic mass is 9.96. The van der Waals surface area contributed by atoms with E-state index in [1.165, 1.54) is 12.0 Å². The maximum atomic E-state index is 14.5. The number of benzene rings is 2. The smallest absolute Gasteiger partial charge is 0.408 e. The second kappa shape index (κ2) is 17.6. The van der Waals surface area contributed by atoms with Gasteiger partial charge in [0.25, 0.3) is 0 Å². The van der Waals surface area contributed by atoms with Crippen molar-refractivity contribution in [3.63, 3.8) is 0 Å². The van der Waals surface area contributed by atoms with Crippen LogP contribution >= 0.6 is 0 Å². The summed E-state index contributed by atoms with van der Waals surface area (Å²) in [6.45, 7) is 7.17. The van der Waals surface area contributed by atoms with Crippen molar-refractivity contribution in [3.8, 4) is 12.3 Å². The molecule has 0 aliphatic rings. The molecule has 2 rings (SSSR count). The molecule has 2 aromatic rings. The van der Waals surface area contributed by atoms with Gasteiger partial charge in [-0.3, -0.25) is 14.4 Å². The Balaban J connectivity index is 2.59. The molecular formula is C34H45N3O6. The van der Waals surface area contributed by atoms with Crippen LogP contribution in [0.4, 0.5) is 4.79 Å². The van der Waals surface area contributed by atoms with Crippen LogP contribution in [0.2, 0.25) is 0 Å². The van der Waals surface area contributed by atoms with E-state index >= 15 is 0 Å². The molecule has 232 valence electrons. The lowest BCUT2D eigenvalue weighted by molar-refractivity contribution is -0.144. The van der Waals surface area contributed by atoms with Crippen molar-refractivity contribution < 1.29 is 28.7 Å². The van der Waals surface area contributed by atoms with Crippen molar-refractivity contribution in [2.45, 2.75) is 83.9 Å². The van der Waals surface area contributed by atoms with Crippen molar-refractivity contribution in [2.24, 2.45) is 0 Å². The third-order valence-corrected chi connectivity index (χ3v) is 6.66. The largest absolute Gasteiger partial charge is 0.468 e. The van der Waals surface area contributed by atoms with E-state index in [1.54, 1.807) is 45.0 Å². The highest BCUT2D eigenvalue weighted by Gasteiger charge is 2.37. The summed E-state index contributed by atoms with van der Waals surface area (Å²) in [5.74, 6) is 0.908. The Morgan fingerprint density at radius 2 is 1.60 bits per heavy atom. The summed E-state index contributed by atoms with van der Waals surface area (Å²) in [5.41, 5.74) is 0.899. The van der Waals surface area contributed by atoms with Crippen LogP contribution in [0.5, 0.6) is 0 Å². The highest BCUT2D eigenvalue weighted by molar-refractivity contribution is 5.93. The van der Waals surface area contributed by atoms with Gasteiger partial charge in [0.2, 0.25) is 11.8 Å². The topological polar surface area (TPSA) is 114 Å². The van der Waals surface area contributed by atoms with Crippen LogP contribution in [0.1, 0.15) is 82.5 Å². The van der Waals surface area contributed by atoms with E-state index in [2.05, 4.69) is 23.5 Å². The molecule has 0 spiro atoms. The van der Waals surface area contributed by atoms with Crippen LogP contribution in [-0.2, 0) is 30.3 Å². The first kappa shape index (κ1) is 34.9. The van der Waals surface area contributed by atoms with Gasteiger partial charge in [-0.15, -0.1) is 6.42 Å². The van der Waals surface area contributed by atoms with Crippen molar-refractivity contribution in [2.75, 3.05) is 20.2 Å². The molecule has 2 atom stereocenters. The van der Waals surface area contributed by atoms with Gasteiger partial charge in [0, 0.05) is 18.5 Å². The average Bonchev–Trinajstić information content (AvgIpc) is 2.98. The van der Waals surface area contributed by atoms with Crippen LogP contribution in [-0.4, -0.2) is 60.6 Å². The lowest BCUT2D eigenvalue weighted by Gasteiger charge is -2.35. The number of methoxy groups -OCH3 is 1.